The molecule has 0 bridgehead atoms. The summed E-state index contributed by atoms with van der Waals surface area (Å²) in [6.07, 6.45) is 4.01. The number of thiophene rings is 1. The first-order chi connectivity index (χ1) is 7.60. The van der Waals surface area contributed by atoms with E-state index >= 15 is 0 Å². The van der Waals surface area contributed by atoms with Crippen LogP contribution in [0.4, 0.5) is 0 Å². The molecule has 88 valence electrons. The monoisotopic (exact) mass is 239 g/mol. The molecule has 1 atom stereocenters. The van der Waals surface area contributed by atoms with E-state index in [4.69, 9.17) is 10.8 Å². The summed E-state index contributed by atoms with van der Waals surface area (Å²) in [5.41, 5.74) is 5.52. The molecule has 1 aromatic rings. The predicted octanol–water partition coefficient (Wildman–Crippen LogP) is 2.14. The van der Waals surface area contributed by atoms with Crippen molar-refractivity contribution >= 4 is 17.3 Å². The van der Waals surface area contributed by atoms with Crippen molar-refractivity contribution in [2.75, 3.05) is 0 Å². The normalized spacial score (nSPS) is 19.4. The zero-order valence-corrected chi connectivity index (χ0v) is 10.2. The fraction of sp³-hybridized carbons (Fsp3) is 0.583. The summed E-state index contributed by atoms with van der Waals surface area (Å²) in [7, 11) is 0. The quantitative estimate of drug-likeness (QED) is 0.827. The van der Waals surface area contributed by atoms with Crippen molar-refractivity contribution in [1.82, 2.24) is 0 Å². The standard InChI is InChI=1S/C12H17NO2S/c1-2-3-8-4-5-9(16-8)12(6-7-12)10(13)11(14)15/h4-5,10H,2-3,6-7,13H2,1H3,(H,14,15). The second-order valence-electron chi connectivity index (χ2n) is 4.49. The predicted molar refractivity (Wildman–Crippen MR) is 64.8 cm³/mol. The third-order valence-electron chi connectivity index (χ3n) is 3.30. The third kappa shape index (κ3) is 1.87. The molecule has 1 aromatic heterocycles. The van der Waals surface area contributed by atoms with Gasteiger partial charge in [0.15, 0.2) is 0 Å². The highest BCUT2D eigenvalue weighted by Crippen LogP contribution is 2.52. The van der Waals surface area contributed by atoms with E-state index < -0.39 is 12.0 Å². The third-order valence-corrected chi connectivity index (χ3v) is 4.66. The Bertz CT molecular complexity index is 395. The van der Waals surface area contributed by atoms with Crippen LogP contribution in [0.1, 0.15) is 35.9 Å². The lowest BCUT2D eigenvalue weighted by Gasteiger charge is -2.17. The van der Waals surface area contributed by atoms with Crippen molar-refractivity contribution in [1.29, 1.82) is 0 Å². The Labute approximate surface area is 99.3 Å². The van der Waals surface area contributed by atoms with Crippen LogP contribution in [0.25, 0.3) is 0 Å². The minimum absolute atomic E-state index is 0.261. The van der Waals surface area contributed by atoms with Gasteiger partial charge in [-0.05, 0) is 31.4 Å². The van der Waals surface area contributed by atoms with E-state index in [0.717, 1.165) is 30.6 Å². The first-order valence-electron chi connectivity index (χ1n) is 5.68. The van der Waals surface area contributed by atoms with Crippen LogP contribution in [0, 0.1) is 0 Å². The zero-order chi connectivity index (χ0) is 11.8. The molecule has 4 heteroatoms. The number of carbonyl (C=O) groups is 1. The second kappa shape index (κ2) is 4.18. The Hall–Kier alpha value is -0.870. The molecule has 0 spiro atoms. The summed E-state index contributed by atoms with van der Waals surface area (Å²) in [5, 5.41) is 9.01. The summed E-state index contributed by atoms with van der Waals surface area (Å²) in [6, 6.07) is 3.42. The molecule has 1 aliphatic rings. The number of aliphatic carboxylic acids is 1. The van der Waals surface area contributed by atoms with Gasteiger partial charge < -0.3 is 10.8 Å². The fourth-order valence-electron chi connectivity index (χ4n) is 2.11. The summed E-state index contributed by atoms with van der Waals surface area (Å²) in [4.78, 5) is 13.5. The van der Waals surface area contributed by atoms with Gasteiger partial charge in [-0.2, -0.15) is 0 Å². The molecular formula is C12H17NO2S. The SMILES string of the molecule is CCCc1ccc(C2(C(N)C(=O)O)CC2)s1. The number of carboxylic acid groups (broad SMARTS) is 1. The Morgan fingerprint density at radius 1 is 1.62 bits per heavy atom. The van der Waals surface area contributed by atoms with Crippen LogP contribution < -0.4 is 5.73 Å². The van der Waals surface area contributed by atoms with E-state index in [0.29, 0.717) is 0 Å². The Morgan fingerprint density at radius 3 is 2.81 bits per heavy atom. The summed E-state index contributed by atoms with van der Waals surface area (Å²) < 4.78 is 0. The maximum atomic E-state index is 11.0. The molecule has 1 saturated carbocycles. The minimum atomic E-state index is -0.886. The summed E-state index contributed by atoms with van der Waals surface area (Å²) in [5.74, 6) is -0.886. The number of rotatable bonds is 5. The van der Waals surface area contributed by atoms with Crippen LogP contribution in [-0.4, -0.2) is 17.1 Å². The Balaban J connectivity index is 2.19. The highest BCUT2D eigenvalue weighted by Gasteiger charge is 2.53. The van der Waals surface area contributed by atoms with Gasteiger partial charge in [-0.3, -0.25) is 4.79 Å². The van der Waals surface area contributed by atoms with Gasteiger partial charge in [0.05, 0.1) is 0 Å². The van der Waals surface area contributed by atoms with Crippen molar-refractivity contribution in [2.24, 2.45) is 5.73 Å². The van der Waals surface area contributed by atoms with E-state index in [1.54, 1.807) is 11.3 Å². The van der Waals surface area contributed by atoms with Gasteiger partial charge in [0.1, 0.15) is 6.04 Å². The topological polar surface area (TPSA) is 63.3 Å². The van der Waals surface area contributed by atoms with E-state index in [9.17, 15) is 4.79 Å². The maximum absolute atomic E-state index is 11.0. The highest BCUT2D eigenvalue weighted by molar-refractivity contribution is 7.12. The van der Waals surface area contributed by atoms with Crippen molar-refractivity contribution in [3.05, 3.63) is 21.9 Å². The van der Waals surface area contributed by atoms with Crippen LogP contribution in [0.2, 0.25) is 0 Å². The zero-order valence-electron chi connectivity index (χ0n) is 9.40. The van der Waals surface area contributed by atoms with Gasteiger partial charge in [-0.25, -0.2) is 0 Å². The average Bonchev–Trinajstić information content (AvgIpc) is 2.93. The molecule has 1 heterocycles. The molecule has 1 fully saturated rings. The molecule has 0 aliphatic heterocycles. The van der Waals surface area contributed by atoms with Crippen LogP contribution >= 0.6 is 11.3 Å². The van der Waals surface area contributed by atoms with Crippen LogP contribution in [0.15, 0.2) is 12.1 Å². The van der Waals surface area contributed by atoms with Gasteiger partial charge in [0, 0.05) is 15.2 Å². The van der Waals surface area contributed by atoms with E-state index in [2.05, 4.69) is 19.1 Å². The Kier molecular flexibility index (Phi) is 3.04. The lowest BCUT2D eigenvalue weighted by molar-refractivity contribution is -0.139. The van der Waals surface area contributed by atoms with Crippen molar-refractivity contribution in [3.63, 3.8) is 0 Å². The van der Waals surface area contributed by atoms with E-state index in [1.165, 1.54) is 4.88 Å². The molecule has 3 nitrogen and oxygen atoms in total. The van der Waals surface area contributed by atoms with E-state index in [1.807, 2.05) is 0 Å². The highest BCUT2D eigenvalue weighted by atomic mass is 32.1. The van der Waals surface area contributed by atoms with Gasteiger partial charge in [0.25, 0.3) is 0 Å². The summed E-state index contributed by atoms with van der Waals surface area (Å²) in [6.45, 7) is 2.15. The van der Waals surface area contributed by atoms with Crippen molar-refractivity contribution in [3.8, 4) is 0 Å². The van der Waals surface area contributed by atoms with E-state index in [-0.39, 0.29) is 5.41 Å². The van der Waals surface area contributed by atoms with Gasteiger partial charge >= 0.3 is 5.97 Å². The molecule has 0 radical (unpaired) electrons. The van der Waals surface area contributed by atoms with Crippen molar-refractivity contribution in [2.45, 2.75) is 44.1 Å². The number of hydrogen-bond donors (Lipinski definition) is 2. The lowest BCUT2D eigenvalue weighted by atomic mass is 9.95. The van der Waals surface area contributed by atoms with Crippen LogP contribution in [0.5, 0.6) is 0 Å². The first kappa shape index (κ1) is 11.6. The number of hydrogen-bond acceptors (Lipinski definition) is 3. The molecule has 0 aromatic carbocycles. The summed E-state index contributed by atoms with van der Waals surface area (Å²) >= 11 is 1.73. The fourth-order valence-corrected chi connectivity index (χ4v) is 3.50. The van der Waals surface area contributed by atoms with Crippen LogP contribution in [0.3, 0.4) is 0 Å². The molecule has 1 unspecified atom stereocenters. The molecule has 0 saturated heterocycles. The molecule has 16 heavy (non-hydrogen) atoms. The number of nitrogens with two attached hydrogens (primary N) is 1. The van der Waals surface area contributed by atoms with Crippen molar-refractivity contribution < 1.29 is 9.90 Å². The van der Waals surface area contributed by atoms with Crippen LogP contribution in [-0.2, 0) is 16.6 Å². The van der Waals surface area contributed by atoms with Gasteiger partial charge in [0.2, 0.25) is 0 Å². The maximum Gasteiger partial charge on any atom is 0.321 e. The largest absolute Gasteiger partial charge is 0.480 e. The van der Waals surface area contributed by atoms with Gasteiger partial charge in [-0.1, -0.05) is 13.3 Å². The molecule has 1 aliphatic carbocycles. The lowest BCUT2D eigenvalue weighted by Crippen LogP contribution is -2.41. The molecular weight excluding hydrogens is 222 g/mol. The minimum Gasteiger partial charge on any atom is -0.480 e. The molecule has 2 rings (SSSR count). The van der Waals surface area contributed by atoms with Gasteiger partial charge in [-0.15, -0.1) is 11.3 Å². The molecule has 0 amide bonds. The second-order valence-corrected chi connectivity index (χ2v) is 5.66. The first-order valence-corrected chi connectivity index (χ1v) is 6.49. The average molecular weight is 239 g/mol. The number of carboxylic acids is 1. The smallest absolute Gasteiger partial charge is 0.321 e. The molecule has 3 N–H and O–H groups in total. The number of aryl methyl sites for hydroxylation is 1. The Morgan fingerprint density at radius 2 is 2.31 bits per heavy atom.